The van der Waals surface area contributed by atoms with E-state index in [0.717, 1.165) is 24.4 Å². The lowest BCUT2D eigenvalue weighted by Gasteiger charge is -2.16. The number of aromatic nitrogens is 2. The van der Waals surface area contributed by atoms with Gasteiger partial charge in [-0.1, -0.05) is 25.1 Å². The lowest BCUT2D eigenvalue weighted by molar-refractivity contribution is 0.555. The van der Waals surface area contributed by atoms with Crippen molar-refractivity contribution in [3.63, 3.8) is 0 Å². The van der Waals surface area contributed by atoms with Crippen LogP contribution in [0, 0.1) is 6.92 Å². The predicted molar refractivity (Wildman–Crippen MR) is 86.1 cm³/mol. The molecular formula is C16H23N3S. The molecule has 1 heterocycles. The molecule has 1 aromatic carbocycles. The molecule has 1 aromatic heterocycles. The maximum atomic E-state index is 4.54. The smallest absolute Gasteiger partial charge is 0.0802 e. The molecule has 20 heavy (non-hydrogen) atoms. The number of nitrogens with one attached hydrogen (secondary N) is 1. The van der Waals surface area contributed by atoms with Crippen LogP contribution in [0.15, 0.2) is 41.4 Å². The molecular weight excluding hydrogens is 266 g/mol. The van der Waals surface area contributed by atoms with Gasteiger partial charge in [-0.05, 0) is 37.6 Å². The molecule has 2 rings (SSSR count). The Morgan fingerprint density at radius 1 is 1.30 bits per heavy atom. The van der Waals surface area contributed by atoms with Crippen molar-refractivity contribution >= 4 is 11.8 Å². The minimum Gasteiger partial charge on any atom is -0.308 e. The quantitative estimate of drug-likeness (QED) is 0.790. The summed E-state index contributed by atoms with van der Waals surface area (Å²) in [5.41, 5.74) is 2.47. The van der Waals surface area contributed by atoms with Crippen LogP contribution in [-0.4, -0.2) is 22.1 Å². The highest BCUT2D eigenvalue weighted by Crippen LogP contribution is 2.26. The van der Waals surface area contributed by atoms with Crippen LogP contribution in [-0.2, 0) is 7.05 Å². The third-order valence-corrected chi connectivity index (χ3v) is 4.50. The molecule has 0 aliphatic heterocycles. The summed E-state index contributed by atoms with van der Waals surface area (Å²) >= 11 is 1.90. The van der Waals surface area contributed by atoms with Crippen molar-refractivity contribution in [2.45, 2.75) is 31.2 Å². The normalized spacial score (nSPS) is 12.6. The standard InChI is InChI=1S/C16H23N3S/c1-4-10-17-15(14-9-11-19(3)18-14)12-20-16-8-6-5-7-13(16)2/h5-9,11,15,17H,4,10,12H2,1-3H3. The summed E-state index contributed by atoms with van der Waals surface area (Å²) in [7, 11) is 1.97. The lowest BCUT2D eigenvalue weighted by atomic mass is 10.2. The largest absolute Gasteiger partial charge is 0.308 e. The second-order valence-corrected chi connectivity index (χ2v) is 6.06. The summed E-state index contributed by atoms with van der Waals surface area (Å²) in [6.45, 7) is 5.38. The van der Waals surface area contributed by atoms with Gasteiger partial charge in [-0.3, -0.25) is 4.68 Å². The van der Waals surface area contributed by atoms with Gasteiger partial charge in [0, 0.05) is 23.9 Å². The summed E-state index contributed by atoms with van der Waals surface area (Å²) < 4.78 is 1.87. The molecule has 0 fully saturated rings. The van der Waals surface area contributed by atoms with E-state index in [1.165, 1.54) is 10.5 Å². The molecule has 1 N–H and O–H groups in total. The first-order valence-electron chi connectivity index (χ1n) is 7.12. The van der Waals surface area contributed by atoms with Gasteiger partial charge >= 0.3 is 0 Å². The number of rotatable bonds is 7. The monoisotopic (exact) mass is 289 g/mol. The minimum absolute atomic E-state index is 0.306. The summed E-state index contributed by atoms with van der Waals surface area (Å²) in [6.07, 6.45) is 3.15. The highest BCUT2D eigenvalue weighted by Gasteiger charge is 2.14. The first-order valence-corrected chi connectivity index (χ1v) is 8.10. The molecule has 0 spiro atoms. The molecule has 0 aliphatic carbocycles. The summed E-state index contributed by atoms with van der Waals surface area (Å²) in [5, 5.41) is 8.13. The van der Waals surface area contributed by atoms with Crippen molar-refractivity contribution in [3.8, 4) is 0 Å². The van der Waals surface area contributed by atoms with E-state index in [2.05, 4.69) is 54.6 Å². The Labute approximate surface area is 125 Å². The van der Waals surface area contributed by atoms with Crippen molar-refractivity contribution < 1.29 is 0 Å². The number of benzene rings is 1. The molecule has 0 amide bonds. The molecule has 0 radical (unpaired) electrons. The number of thioether (sulfide) groups is 1. The third kappa shape index (κ3) is 4.12. The Kier molecular flexibility index (Phi) is 5.68. The first-order chi connectivity index (χ1) is 9.70. The number of nitrogens with zero attached hydrogens (tertiary/aromatic N) is 2. The van der Waals surface area contributed by atoms with E-state index >= 15 is 0 Å². The Balaban J connectivity index is 2.03. The van der Waals surface area contributed by atoms with Crippen molar-refractivity contribution in [1.29, 1.82) is 0 Å². The molecule has 1 unspecified atom stereocenters. The molecule has 0 bridgehead atoms. The predicted octanol–water partition coefficient (Wildman–Crippen LogP) is 3.56. The molecule has 0 aliphatic rings. The van der Waals surface area contributed by atoms with Gasteiger partial charge in [0.05, 0.1) is 11.7 Å². The Morgan fingerprint density at radius 2 is 2.10 bits per heavy atom. The van der Waals surface area contributed by atoms with Crippen molar-refractivity contribution in [2.75, 3.05) is 12.3 Å². The summed E-state index contributed by atoms with van der Waals surface area (Å²) in [6, 6.07) is 11.0. The van der Waals surface area contributed by atoms with Gasteiger partial charge in [-0.2, -0.15) is 5.10 Å². The summed E-state index contributed by atoms with van der Waals surface area (Å²) in [4.78, 5) is 1.35. The maximum Gasteiger partial charge on any atom is 0.0802 e. The maximum absolute atomic E-state index is 4.54. The lowest BCUT2D eigenvalue weighted by Crippen LogP contribution is -2.24. The highest BCUT2D eigenvalue weighted by molar-refractivity contribution is 7.99. The SMILES string of the molecule is CCCNC(CSc1ccccc1C)c1ccn(C)n1. The molecule has 4 heteroatoms. The van der Waals surface area contributed by atoms with Gasteiger partial charge in [0.1, 0.15) is 0 Å². The topological polar surface area (TPSA) is 29.9 Å². The van der Waals surface area contributed by atoms with Crippen molar-refractivity contribution in [1.82, 2.24) is 15.1 Å². The van der Waals surface area contributed by atoms with Crippen LogP contribution in [0.2, 0.25) is 0 Å². The highest BCUT2D eigenvalue weighted by atomic mass is 32.2. The van der Waals surface area contributed by atoms with Gasteiger partial charge in [0.25, 0.3) is 0 Å². The number of aryl methyl sites for hydroxylation is 2. The van der Waals surface area contributed by atoms with Crippen molar-refractivity contribution in [2.24, 2.45) is 7.05 Å². The van der Waals surface area contributed by atoms with Crippen LogP contribution >= 0.6 is 11.8 Å². The fourth-order valence-corrected chi connectivity index (χ4v) is 3.18. The Bertz CT molecular complexity index is 536. The average molecular weight is 289 g/mol. The van der Waals surface area contributed by atoms with E-state index in [9.17, 15) is 0 Å². The van der Waals surface area contributed by atoms with Gasteiger partial charge in [-0.25, -0.2) is 0 Å². The zero-order chi connectivity index (χ0) is 14.4. The van der Waals surface area contributed by atoms with Gasteiger partial charge in [0.15, 0.2) is 0 Å². The Hall–Kier alpha value is -1.26. The van der Waals surface area contributed by atoms with Gasteiger partial charge < -0.3 is 5.32 Å². The molecule has 0 saturated heterocycles. The van der Waals surface area contributed by atoms with Crippen molar-refractivity contribution in [3.05, 3.63) is 47.8 Å². The van der Waals surface area contributed by atoms with E-state index in [4.69, 9.17) is 0 Å². The molecule has 3 nitrogen and oxygen atoms in total. The van der Waals surface area contributed by atoms with E-state index < -0.39 is 0 Å². The molecule has 1 atom stereocenters. The fraction of sp³-hybridized carbons (Fsp3) is 0.438. The molecule has 108 valence electrons. The van der Waals surface area contributed by atoms with Crippen LogP contribution in [0.4, 0.5) is 0 Å². The zero-order valence-corrected chi connectivity index (χ0v) is 13.3. The van der Waals surface area contributed by atoms with E-state index in [1.54, 1.807) is 0 Å². The van der Waals surface area contributed by atoms with Crippen LogP contribution in [0.1, 0.15) is 30.6 Å². The minimum atomic E-state index is 0.306. The molecule has 0 saturated carbocycles. The zero-order valence-electron chi connectivity index (χ0n) is 12.5. The fourth-order valence-electron chi connectivity index (χ4n) is 2.08. The van der Waals surface area contributed by atoms with Crippen LogP contribution in [0.5, 0.6) is 0 Å². The first kappa shape index (κ1) is 15.1. The summed E-state index contributed by atoms with van der Waals surface area (Å²) in [5.74, 6) is 1.00. The van der Waals surface area contributed by atoms with E-state index in [0.29, 0.717) is 6.04 Å². The second kappa shape index (κ2) is 7.50. The number of hydrogen-bond donors (Lipinski definition) is 1. The average Bonchev–Trinajstić information content (AvgIpc) is 2.87. The van der Waals surface area contributed by atoms with Crippen LogP contribution < -0.4 is 5.32 Å². The Morgan fingerprint density at radius 3 is 2.75 bits per heavy atom. The van der Waals surface area contributed by atoms with E-state index in [-0.39, 0.29) is 0 Å². The third-order valence-electron chi connectivity index (χ3n) is 3.23. The molecule has 2 aromatic rings. The van der Waals surface area contributed by atoms with Crippen LogP contribution in [0.25, 0.3) is 0 Å². The number of hydrogen-bond acceptors (Lipinski definition) is 3. The van der Waals surface area contributed by atoms with Crippen LogP contribution in [0.3, 0.4) is 0 Å². The van der Waals surface area contributed by atoms with Gasteiger partial charge in [-0.15, -0.1) is 11.8 Å². The van der Waals surface area contributed by atoms with E-state index in [1.807, 2.05) is 29.7 Å². The second-order valence-electron chi connectivity index (χ2n) is 5.00. The van der Waals surface area contributed by atoms with Gasteiger partial charge in [0.2, 0.25) is 0 Å².